The SMILES string of the molecule is CCOC(=O)/C=C/CN(CC1CC1)CC1CCCN1. The van der Waals surface area contributed by atoms with Gasteiger partial charge in [-0.25, -0.2) is 4.79 Å². The minimum Gasteiger partial charge on any atom is -0.463 e. The number of rotatable bonds is 8. The molecule has 0 spiro atoms. The van der Waals surface area contributed by atoms with Crippen molar-refractivity contribution in [1.29, 1.82) is 0 Å². The number of hydrogen-bond acceptors (Lipinski definition) is 4. The molecule has 1 aliphatic heterocycles. The number of nitrogens with one attached hydrogen (secondary N) is 1. The fourth-order valence-corrected chi connectivity index (χ4v) is 2.60. The van der Waals surface area contributed by atoms with Gasteiger partial charge in [0, 0.05) is 31.8 Å². The summed E-state index contributed by atoms with van der Waals surface area (Å²) < 4.78 is 4.89. The zero-order valence-electron chi connectivity index (χ0n) is 11.9. The van der Waals surface area contributed by atoms with Gasteiger partial charge in [-0.1, -0.05) is 6.08 Å². The van der Waals surface area contributed by atoms with Gasteiger partial charge in [0.25, 0.3) is 0 Å². The van der Waals surface area contributed by atoms with E-state index in [1.807, 2.05) is 13.0 Å². The third-order valence-electron chi connectivity index (χ3n) is 3.76. The number of carbonyl (C=O) groups is 1. The maximum atomic E-state index is 11.3. The van der Waals surface area contributed by atoms with Gasteiger partial charge in [0.2, 0.25) is 0 Å². The van der Waals surface area contributed by atoms with Crippen molar-refractivity contribution >= 4 is 5.97 Å². The molecule has 0 aromatic carbocycles. The Morgan fingerprint density at radius 2 is 2.21 bits per heavy atom. The van der Waals surface area contributed by atoms with Gasteiger partial charge in [0.1, 0.15) is 0 Å². The van der Waals surface area contributed by atoms with E-state index in [9.17, 15) is 4.79 Å². The van der Waals surface area contributed by atoms with Crippen molar-refractivity contribution in [2.45, 2.75) is 38.6 Å². The molecule has 1 aliphatic carbocycles. The number of nitrogens with zero attached hydrogens (tertiary/aromatic N) is 1. The van der Waals surface area contributed by atoms with Crippen molar-refractivity contribution in [2.24, 2.45) is 5.92 Å². The van der Waals surface area contributed by atoms with Crippen molar-refractivity contribution in [1.82, 2.24) is 10.2 Å². The molecule has 2 rings (SSSR count). The summed E-state index contributed by atoms with van der Waals surface area (Å²) in [5.74, 6) is 0.658. The topological polar surface area (TPSA) is 41.6 Å². The van der Waals surface area contributed by atoms with Crippen LogP contribution < -0.4 is 5.32 Å². The molecular weight excluding hydrogens is 240 g/mol. The van der Waals surface area contributed by atoms with Crippen LogP contribution in [-0.4, -0.2) is 49.7 Å². The van der Waals surface area contributed by atoms with Gasteiger partial charge in [-0.3, -0.25) is 4.90 Å². The molecule has 0 bridgehead atoms. The minimum atomic E-state index is -0.229. The van der Waals surface area contributed by atoms with Crippen LogP contribution in [0.5, 0.6) is 0 Å². The highest BCUT2D eigenvalue weighted by Crippen LogP contribution is 2.29. The zero-order valence-corrected chi connectivity index (χ0v) is 11.9. The molecule has 0 aromatic rings. The largest absolute Gasteiger partial charge is 0.463 e. The monoisotopic (exact) mass is 266 g/mol. The molecule has 2 aliphatic rings. The number of carbonyl (C=O) groups excluding carboxylic acids is 1. The first kappa shape index (κ1) is 14.5. The highest BCUT2D eigenvalue weighted by Gasteiger charge is 2.25. The van der Waals surface area contributed by atoms with Gasteiger partial charge in [-0.05, 0) is 45.1 Å². The van der Waals surface area contributed by atoms with Crippen molar-refractivity contribution < 1.29 is 9.53 Å². The quantitative estimate of drug-likeness (QED) is 0.535. The minimum absolute atomic E-state index is 0.229. The van der Waals surface area contributed by atoms with Gasteiger partial charge >= 0.3 is 5.97 Å². The van der Waals surface area contributed by atoms with Crippen LogP contribution in [0.25, 0.3) is 0 Å². The molecule has 1 atom stereocenters. The van der Waals surface area contributed by atoms with E-state index in [2.05, 4.69) is 10.2 Å². The standard InChI is InChI=1S/C15H26N2O2/c1-2-19-15(18)6-4-10-17(11-13-7-8-13)12-14-5-3-9-16-14/h4,6,13-14,16H,2-3,5,7-12H2,1H3/b6-4+. The normalized spacial score (nSPS) is 23.4. The summed E-state index contributed by atoms with van der Waals surface area (Å²) in [5.41, 5.74) is 0. The predicted octanol–water partition coefficient (Wildman–Crippen LogP) is 1.57. The molecule has 1 N–H and O–H groups in total. The van der Waals surface area contributed by atoms with Crippen LogP contribution in [0.2, 0.25) is 0 Å². The van der Waals surface area contributed by atoms with E-state index in [-0.39, 0.29) is 5.97 Å². The molecule has 0 aromatic heterocycles. The van der Waals surface area contributed by atoms with Crippen LogP contribution in [0.3, 0.4) is 0 Å². The highest BCUT2D eigenvalue weighted by atomic mass is 16.5. The smallest absolute Gasteiger partial charge is 0.330 e. The van der Waals surface area contributed by atoms with Gasteiger partial charge < -0.3 is 10.1 Å². The Morgan fingerprint density at radius 3 is 2.84 bits per heavy atom. The lowest BCUT2D eigenvalue weighted by Crippen LogP contribution is -2.38. The Balaban J connectivity index is 1.73. The lowest BCUT2D eigenvalue weighted by Gasteiger charge is -2.24. The molecule has 2 fully saturated rings. The van der Waals surface area contributed by atoms with Crippen molar-refractivity contribution in [3.8, 4) is 0 Å². The van der Waals surface area contributed by atoms with Gasteiger partial charge in [0.15, 0.2) is 0 Å². The fourth-order valence-electron chi connectivity index (χ4n) is 2.60. The molecule has 0 radical (unpaired) electrons. The molecule has 0 amide bonds. The Labute approximate surface area is 116 Å². The highest BCUT2D eigenvalue weighted by molar-refractivity contribution is 5.81. The fraction of sp³-hybridized carbons (Fsp3) is 0.800. The Kier molecular flexibility index (Phi) is 5.86. The summed E-state index contributed by atoms with van der Waals surface area (Å²) in [4.78, 5) is 13.7. The van der Waals surface area contributed by atoms with E-state index in [0.717, 1.165) is 25.6 Å². The van der Waals surface area contributed by atoms with Gasteiger partial charge in [0.05, 0.1) is 6.61 Å². The molecule has 4 nitrogen and oxygen atoms in total. The van der Waals surface area contributed by atoms with Crippen LogP contribution in [0.4, 0.5) is 0 Å². The van der Waals surface area contributed by atoms with Crippen LogP contribution in [0.15, 0.2) is 12.2 Å². The van der Waals surface area contributed by atoms with Gasteiger partial charge in [-0.2, -0.15) is 0 Å². The lowest BCUT2D eigenvalue weighted by atomic mass is 10.2. The average molecular weight is 266 g/mol. The number of esters is 1. The first-order chi connectivity index (χ1) is 9.28. The number of hydrogen-bond donors (Lipinski definition) is 1. The van der Waals surface area contributed by atoms with Crippen molar-refractivity contribution in [3.05, 3.63) is 12.2 Å². The van der Waals surface area contributed by atoms with E-state index < -0.39 is 0 Å². The van der Waals surface area contributed by atoms with Crippen LogP contribution in [0.1, 0.15) is 32.6 Å². The molecular formula is C15H26N2O2. The van der Waals surface area contributed by atoms with Crippen LogP contribution >= 0.6 is 0 Å². The Hall–Kier alpha value is -0.870. The van der Waals surface area contributed by atoms with Crippen LogP contribution in [0, 0.1) is 5.92 Å². The summed E-state index contributed by atoms with van der Waals surface area (Å²) in [6.45, 7) is 6.56. The van der Waals surface area contributed by atoms with Crippen molar-refractivity contribution in [3.63, 3.8) is 0 Å². The van der Waals surface area contributed by atoms with E-state index in [1.165, 1.54) is 32.2 Å². The molecule has 1 heterocycles. The lowest BCUT2D eigenvalue weighted by molar-refractivity contribution is -0.137. The molecule has 1 saturated carbocycles. The van der Waals surface area contributed by atoms with E-state index in [4.69, 9.17) is 4.74 Å². The first-order valence-corrected chi connectivity index (χ1v) is 7.57. The van der Waals surface area contributed by atoms with Gasteiger partial charge in [-0.15, -0.1) is 0 Å². The second-order valence-electron chi connectivity index (χ2n) is 5.61. The third-order valence-corrected chi connectivity index (χ3v) is 3.76. The molecule has 1 saturated heterocycles. The second kappa shape index (κ2) is 7.65. The third kappa shape index (κ3) is 5.74. The molecule has 19 heavy (non-hydrogen) atoms. The number of ether oxygens (including phenoxy) is 1. The molecule has 108 valence electrons. The maximum absolute atomic E-state index is 11.3. The van der Waals surface area contributed by atoms with E-state index in [1.54, 1.807) is 6.08 Å². The summed E-state index contributed by atoms with van der Waals surface area (Å²) in [6, 6.07) is 0.634. The Bertz CT molecular complexity index is 307. The van der Waals surface area contributed by atoms with E-state index in [0.29, 0.717) is 12.6 Å². The van der Waals surface area contributed by atoms with Crippen LogP contribution in [-0.2, 0) is 9.53 Å². The summed E-state index contributed by atoms with van der Waals surface area (Å²) >= 11 is 0. The second-order valence-corrected chi connectivity index (χ2v) is 5.61. The molecule has 4 heteroatoms. The van der Waals surface area contributed by atoms with Crippen molar-refractivity contribution in [2.75, 3.05) is 32.8 Å². The van der Waals surface area contributed by atoms with E-state index >= 15 is 0 Å². The zero-order chi connectivity index (χ0) is 13.5. The Morgan fingerprint density at radius 1 is 1.37 bits per heavy atom. The predicted molar refractivity (Wildman–Crippen MR) is 76.0 cm³/mol. The average Bonchev–Trinajstić information content (AvgIpc) is 3.03. The summed E-state index contributed by atoms with van der Waals surface area (Å²) in [7, 11) is 0. The first-order valence-electron chi connectivity index (χ1n) is 7.57. The maximum Gasteiger partial charge on any atom is 0.330 e. The summed E-state index contributed by atoms with van der Waals surface area (Å²) in [5, 5.41) is 3.54. The molecule has 1 unspecified atom stereocenters. The summed E-state index contributed by atoms with van der Waals surface area (Å²) in [6.07, 6.45) is 8.82.